The summed E-state index contributed by atoms with van der Waals surface area (Å²) in [4.78, 5) is 29.3. The molecule has 1 aliphatic rings. The van der Waals surface area contributed by atoms with Crippen LogP contribution in [0.3, 0.4) is 0 Å². The average molecular weight is 644 g/mol. The van der Waals surface area contributed by atoms with Gasteiger partial charge in [-0.2, -0.15) is 23.4 Å². The molecule has 2 aromatic carbocycles. The average Bonchev–Trinajstić information content (AvgIpc) is 3.34. The Morgan fingerprint density at radius 2 is 1.98 bits per heavy atom. The van der Waals surface area contributed by atoms with E-state index in [2.05, 4.69) is 45.3 Å². The van der Waals surface area contributed by atoms with Gasteiger partial charge in [-0.3, -0.25) is 14.2 Å². The molecular formula is C29H29BrF3N7O2. The van der Waals surface area contributed by atoms with Gasteiger partial charge in [-0.15, -0.1) is 0 Å². The summed E-state index contributed by atoms with van der Waals surface area (Å²) >= 11 is 2.93. The summed E-state index contributed by atoms with van der Waals surface area (Å²) in [6.07, 6.45) is -2.11. The second-order valence-corrected chi connectivity index (χ2v) is 11.7. The van der Waals surface area contributed by atoms with Gasteiger partial charge in [0.2, 0.25) is 0 Å². The van der Waals surface area contributed by atoms with Crippen molar-refractivity contribution < 1.29 is 18.0 Å². The molecule has 0 saturated carbocycles. The van der Waals surface area contributed by atoms with Crippen molar-refractivity contribution in [1.29, 1.82) is 5.53 Å². The zero-order chi connectivity index (χ0) is 30.5. The maximum Gasteiger partial charge on any atom is 0.417 e. The van der Waals surface area contributed by atoms with E-state index in [0.29, 0.717) is 40.4 Å². The van der Waals surface area contributed by atoms with Crippen LogP contribution in [0.15, 0.2) is 57.0 Å². The Bertz CT molecular complexity index is 1780. The zero-order valence-corrected chi connectivity index (χ0v) is 25.0. The molecule has 0 spiro atoms. The highest BCUT2D eigenvalue weighted by Crippen LogP contribution is 2.36. The Hall–Kier alpha value is -4.00. The zero-order valence-electron chi connectivity index (χ0n) is 23.4. The lowest BCUT2D eigenvalue weighted by Crippen LogP contribution is -2.46. The van der Waals surface area contributed by atoms with E-state index in [1.165, 1.54) is 17.0 Å². The molecule has 1 unspecified atom stereocenters. The highest BCUT2D eigenvalue weighted by atomic mass is 79.9. The van der Waals surface area contributed by atoms with Crippen molar-refractivity contribution in [2.45, 2.75) is 52.4 Å². The Balaban J connectivity index is 1.68. The third kappa shape index (κ3) is 5.10. The van der Waals surface area contributed by atoms with Crippen LogP contribution in [0.1, 0.15) is 53.5 Å². The van der Waals surface area contributed by atoms with Crippen molar-refractivity contribution in [3.05, 3.63) is 85.4 Å². The summed E-state index contributed by atoms with van der Waals surface area (Å²) in [5, 5.41) is 11.2. The smallest absolute Gasteiger partial charge is 0.386 e. The summed E-state index contributed by atoms with van der Waals surface area (Å²) in [6, 6.07) is 8.13. The molecule has 13 heteroatoms. The fourth-order valence-electron chi connectivity index (χ4n) is 5.48. The number of carbonyl (C=O) groups is 1. The predicted octanol–water partition coefficient (Wildman–Crippen LogP) is 6.76. The van der Waals surface area contributed by atoms with Gasteiger partial charge in [0.25, 0.3) is 11.5 Å². The maximum atomic E-state index is 14.2. The Kier molecular flexibility index (Phi) is 7.73. The van der Waals surface area contributed by atoms with Crippen molar-refractivity contribution in [2.75, 3.05) is 12.4 Å². The van der Waals surface area contributed by atoms with Crippen LogP contribution in [0.5, 0.6) is 0 Å². The standard InChI is InChI=1S/C29H29BrF3N7O2/c1-15(2)9-18-13-36-40-25-14-38(27(41)17-5-7-22(30)21(11-17)29(31,32)33)16(3)10-20(25)28(42)39(26(18)40)19-6-8-23(35-4)24(12-19)37-34/h5-8,11-13,15-16,34-35H,9-10,14H2,1-4H3. The van der Waals surface area contributed by atoms with E-state index in [4.69, 9.17) is 5.53 Å². The Morgan fingerprint density at radius 3 is 2.62 bits per heavy atom. The van der Waals surface area contributed by atoms with Gasteiger partial charge in [0.1, 0.15) is 11.3 Å². The summed E-state index contributed by atoms with van der Waals surface area (Å²) < 4.78 is 43.8. The fourth-order valence-corrected chi connectivity index (χ4v) is 5.96. The van der Waals surface area contributed by atoms with Crippen molar-refractivity contribution in [2.24, 2.45) is 11.0 Å². The molecule has 1 atom stereocenters. The number of hydrogen-bond acceptors (Lipinski definition) is 6. The number of fused-ring (bicyclic) bond motifs is 3. The first-order valence-corrected chi connectivity index (χ1v) is 14.2. The van der Waals surface area contributed by atoms with Crippen LogP contribution < -0.4 is 10.9 Å². The van der Waals surface area contributed by atoms with Crippen LogP contribution >= 0.6 is 15.9 Å². The van der Waals surface area contributed by atoms with E-state index in [0.717, 1.165) is 11.6 Å². The number of rotatable bonds is 6. The van der Waals surface area contributed by atoms with Crippen LogP contribution in [0.2, 0.25) is 0 Å². The highest BCUT2D eigenvalue weighted by molar-refractivity contribution is 9.10. The van der Waals surface area contributed by atoms with E-state index in [-0.39, 0.29) is 34.5 Å². The number of carbonyl (C=O) groups excluding carboxylic acids is 1. The minimum absolute atomic E-state index is 0.00583. The first kappa shape index (κ1) is 29.5. The molecule has 0 bridgehead atoms. The minimum Gasteiger partial charge on any atom is -0.386 e. The van der Waals surface area contributed by atoms with E-state index < -0.39 is 23.7 Å². The molecule has 5 rings (SSSR count). The number of benzene rings is 2. The van der Waals surface area contributed by atoms with Crippen LogP contribution in [-0.4, -0.2) is 38.1 Å². The lowest BCUT2D eigenvalue weighted by Gasteiger charge is -2.35. The molecule has 0 radical (unpaired) electrons. The number of aromatic nitrogens is 3. The van der Waals surface area contributed by atoms with Gasteiger partial charge < -0.3 is 10.2 Å². The second-order valence-electron chi connectivity index (χ2n) is 10.8. The number of amides is 1. The summed E-state index contributed by atoms with van der Waals surface area (Å²) in [5.41, 5.74) is 10.2. The van der Waals surface area contributed by atoms with Gasteiger partial charge in [-0.25, -0.2) is 10.0 Å². The Labute approximate surface area is 248 Å². The van der Waals surface area contributed by atoms with Crippen molar-refractivity contribution in [1.82, 2.24) is 19.1 Å². The summed E-state index contributed by atoms with van der Waals surface area (Å²) in [6.45, 7) is 5.87. The van der Waals surface area contributed by atoms with Crippen LogP contribution in [0, 0.1) is 11.4 Å². The molecule has 0 saturated heterocycles. The molecule has 4 aromatic rings. The highest BCUT2D eigenvalue weighted by Gasteiger charge is 2.36. The number of nitrogens with one attached hydrogen (secondary N) is 2. The molecule has 220 valence electrons. The normalized spacial score (nSPS) is 15.3. The number of hydrogen-bond donors (Lipinski definition) is 2. The summed E-state index contributed by atoms with van der Waals surface area (Å²) in [5.74, 6) is -0.316. The van der Waals surface area contributed by atoms with Gasteiger partial charge in [0.05, 0.1) is 35.4 Å². The van der Waals surface area contributed by atoms with E-state index in [9.17, 15) is 22.8 Å². The summed E-state index contributed by atoms with van der Waals surface area (Å²) in [7, 11) is 1.72. The monoisotopic (exact) mass is 643 g/mol. The van der Waals surface area contributed by atoms with Crippen molar-refractivity contribution >= 4 is 38.9 Å². The number of anilines is 1. The van der Waals surface area contributed by atoms with E-state index in [1.54, 1.807) is 47.4 Å². The van der Waals surface area contributed by atoms with Crippen LogP contribution in [-0.2, 0) is 25.6 Å². The molecule has 3 heterocycles. The van der Waals surface area contributed by atoms with Crippen molar-refractivity contribution in [3.8, 4) is 5.69 Å². The molecule has 0 aliphatic carbocycles. The van der Waals surface area contributed by atoms with Gasteiger partial charge in [-0.05, 0) is 62.1 Å². The molecule has 2 N–H and O–H groups in total. The first-order chi connectivity index (χ1) is 19.8. The lowest BCUT2D eigenvalue weighted by atomic mass is 9.97. The molecule has 1 aliphatic heterocycles. The SMILES string of the molecule is CNc1ccc(-n2c(=O)c3c(n4ncc(CC(C)C)c24)CN(C(=O)c2ccc(Br)c(C(F)(F)F)c2)C(C)C3)cc1N=N. The van der Waals surface area contributed by atoms with Crippen LogP contribution in [0.4, 0.5) is 24.5 Å². The van der Waals surface area contributed by atoms with Gasteiger partial charge in [0.15, 0.2) is 0 Å². The maximum absolute atomic E-state index is 14.2. The third-order valence-electron chi connectivity index (χ3n) is 7.48. The second kappa shape index (κ2) is 11.0. The minimum atomic E-state index is -4.63. The lowest BCUT2D eigenvalue weighted by molar-refractivity contribution is -0.138. The molecule has 42 heavy (non-hydrogen) atoms. The van der Waals surface area contributed by atoms with E-state index in [1.807, 2.05) is 0 Å². The Morgan fingerprint density at radius 1 is 1.24 bits per heavy atom. The van der Waals surface area contributed by atoms with Gasteiger partial charge >= 0.3 is 6.18 Å². The molecule has 0 fully saturated rings. The number of alkyl halides is 3. The third-order valence-corrected chi connectivity index (χ3v) is 8.17. The topological polar surface area (TPSA) is 108 Å². The van der Waals surface area contributed by atoms with Gasteiger partial charge in [-0.1, -0.05) is 29.8 Å². The molecule has 2 aromatic heterocycles. The number of nitrogens with zero attached hydrogens (tertiary/aromatic N) is 5. The largest absolute Gasteiger partial charge is 0.417 e. The van der Waals surface area contributed by atoms with Gasteiger partial charge in [0, 0.05) is 34.3 Å². The van der Waals surface area contributed by atoms with E-state index >= 15 is 0 Å². The van der Waals surface area contributed by atoms with Crippen molar-refractivity contribution in [3.63, 3.8) is 0 Å². The molecule has 9 nitrogen and oxygen atoms in total. The molecule has 1 amide bonds. The molecular weight excluding hydrogens is 615 g/mol. The van der Waals surface area contributed by atoms with Crippen LogP contribution in [0.25, 0.3) is 11.3 Å². The number of halogens is 4. The quantitative estimate of drug-likeness (QED) is 0.226. The first-order valence-electron chi connectivity index (χ1n) is 13.4. The fraction of sp³-hybridized carbons (Fsp3) is 0.345. The predicted molar refractivity (Wildman–Crippen MR) is 156 cm³/mol.